The van der Waals surface area contributed by atoms with Crippen LogP contribution in [0, 0.1) is 13.8 Å². The summed E-state index contributed by atoms with van der Waals surface area (Å²) in [5, 5.41) is 0. The van der Waals surface area contributed by atoms with Crippen LogP contribution in [-0.4, -0.2) is 35.8 Å². The van der Waals surface area contributed by atoms with Gasteiger partial charge >= 0.3 is 17.8 Å². The molecule has 198 valence electrons. The predicted octanol–water partition coefficient (Wildman–Crippen LogP) is 6.76. The molecule has 0 aliphatic carbocycles. The SMILES string of the molecule is Cc1sc(SCCCCCC(F)(F)C(F)(F)F)c2c(NS(=O)(=O)c3ccc(Br)cc3)nc(=O)n-2c1C. The summed E-state index contributed by atoms with van der Waals surface area (Å²) in [7, 11) is -4.06. The van der Waals surface area contributed by atoms with Crippen molar-refractivity contribution in [2.45, 2.75) is 60.7 Å². The number of anilines is 1. The van der Waals surface area contributed by atoms with Gasteiger partial charge in [0.05, 0.1) is 9.10 Å². The van der Waals surface area contributed by atoms with Gasteiger partial charge < -0.3 is 0 Å². The molecule has 0 spiro atoms. The molecule has 2 aliphatic heterocycles. The molecule has 0 aromatic heterocycles. The maximum atomic E-state index is 13.1. The highest BCUT2D eigenvalue weighted by Crippen LogP contribution is 2.40. The fourth-order valence-corrected chi connectivity index (χ4v) is 7.01. The van der Waals surface area contributed by atoms with E-state index >= 15 is 0 Å². The topological polar surface area (TPSA) is 81.1 Å². The maximum absolute atomic E-state index is 13.1. The number of fused-ring (bicyclic) bond motifs is 1. The minimum absolute atomic E-state index is 0.0309. The highest BCUT2D eigenvalue weighted by molar-refractivity contribution is 9.10. The van der Waals surface area contributed by atoms with Crippen LogP contribution in [-0.2, 0) is 10.0 Å². The second kappa shape index (κ2) is 11.0. The first-order valence-electron chi connectivity index (χ1n) is 10.5. The maximum Gasteiger partial charge on any atom is 0.453 e. The number of thioether (sulfide) groups is 1. The molecule has 1 aromatic rings. The first kappa shape index (κ1) is 28.9. The van der Waals surface area contributed by atoms with Gasteiger partial charge in [-0.1, -0.05) is 22.4 Å². The quantitative estimate of drug-likeness (QED) is 0.152. The Morgan fingerprint density at radius 1 is 1.08 bits per heavy atom. The van der Waals surface area contributed by atoms with Crippen LogP contribution in [0.2, 0.25) is 0 Å². The number of hydrogen-bond donors (Lipinski definition) is 1. The average Bonchev–Trinajstić information content (AvgIpc) is 3.08. The lowest BCUT2D eigenvalue weighted by Crippen LogP contribution is -2.36. The molecule has 3 rings (SSSR count). The van der Waals surface area contributed by atoms with Gasteiger partial charge in [-0.2, -0.15) is 26.9 Å². The molecule has 0 unspecified atom stereocenters. The van der Waals surface area contributed by atoms with E-state index in [1.165, 1.54) is 39.8 Å². The molecule has 0 saturated carbocycles. The summed E-state index contributed by atoms with van der Waals surface area (Å²) in [6, 6.07) is 5.89. The second-order valence-corrected chi connectivity index (χ2v) is 13.1. The van der Waals surface area contributed by atoms with Gasteiger partial charge in [0.2, 0.25) is 0 Å². The summed E-state index contributed by atoms with van der Waals surface area (Å²) in [6.45, 7) is 3.48. The monoisotopic (exact) mass is 633 g/mol. The molecule has 1 aromatic carbocycles. The third-order valence-corrected chi connectivity index (χ3v) is 9.68. The lowest BCUT2D eigenvalue weighted by Gasteiger charge is -2.19. The van der Waals surface area contributed by atoms with E-state index in [1.54, 1.807) is 26.0 Å². The van der Waals surface area contributed by atoms with E-state index in [0.717, 1.165) is 4.88 Å². The van der Waals surface area contributed by atoms with Crippen molar-refractivity contribution in [2.24, 2.45) is 0 Å². The van der Waals surface area contributed by atoms with E-state index in [-0.39, 0.29) is 29.2 Å². The smallest absolute Gasteiger partial charge is 0.261 e. The van der Waals surface area contributed by atoms with Gasteiger partial charge in [-0.25, -0.2) is 13.2 Å². The average molecular weight is 635 g/mol. The summed E-state index contributed by atoms with van der Waals surface area (Å²) in [5.41, 5.74) is 0.186. The Hall–Kier alpha value is -1.71. The highest BCUT2D eigenvalue weighted by Gasteiger charge is 2.56. The predicted molar refractivity (Wildman–Crippen MR) is 134 cm³/mol. The Morgan fingerprint density at radius 2 is 1.72 bits per heavy atom. The molecule has 1 N–H and O–H groups in total. The van der Waals surface area contributed by atoms with Crippen LogP contribution in [0.5, 0.6) is 0 Å². The summed E-state index contributed by atoms with van der Waals surface area (Å²) in [6.07, 6.45) is -6.63. The molecule has 0 saturated heterocycles. The zero-order valence-electron chi connectivity index (χ0n) is 19.0. The molecule has 2 heterocycles. The number of hydrogen-bond acceptors (Lipinski definition) is 6. The normalized spacial score (nSPS) is 12.9. The number of unbranched alkanes of at least 4 members (excludes halogenated alkanes) is 2. The molecule has 0 atom stereocenters. The molecule has 36 heavy (non-hydrogen) atoms. The van der Waals surface area contributed by atoms with E-state index in [0.29, 0.717) is 26.5 Å². The number of alkyl halides is 5. The van der Waals surface area contributed by atoms with Crippen LogP contribution in [0.4, 0.5) is 27.8 Å². The molecular weight excluding hydrogens is 613 g/mol. The number of aryl methyl sites for hydroxylation is 1. The Balaban J connectivity index is 1.78. The summed E-state index contributed by atoms with van der Waals surface area (Å²) in [5.74, 6) is -4.50. The minimum atomic E-state index is -5.56. The number of halogens is 6. The Kier molecular flexibility index (Phi) is 8.78. The van der Waals surface area contributed by atoms with Crippen molar-refractivity contribution < 1.29 is 30.4 Å². The lowest BCUT2D eigenvalue weighted by molar-refractivity contribution is -0.284. The number of imidazole rings is 1. The Bertz CT molecular complexity index is 1360. The highest BCUT2D eigenvalue weighted by atomic mass is 79.9. The molecule has 6 nitrogen and oxygen atoms in total. The largest absolute Gasteiger partial charge is 0.453 e. The van der Waals surface area contributed by atoms with E-state index < -0.39 is 34.2 Å². The number of sulfonamides is 1. The second-order valence-electron chi connectivity index (χ2n) is 7.88. The van der Waals surface area contributed by atoms with Crippen LogP contribution < -0.4 is 10.4 Å². The summed E-state index contributed by atoms with van der Waals surface area (Å²) in [4.78, 5) is 17.3. The molecule has 0 bridgehead atoms. The third kappa shape index (κ3) is 6.40. The van der Waals surface area contributed by atoms with Gasteiger partial charge in [0.25, 0.3) is 10.0 Å². The summed E-state index contributed by atoms with van der Waals surface area (Å²) >= 11 is 5.80. The molecule has 0 fully saturated rings. The number of aromatic nitrogens is 2. The number of benzene rings is 1. The van der Waals surface area contributed by atoms with E-state index in [1.807, 2.05) is 0 Å². The fourth-order valence-electron chi connectivity index (χ4n) is 3.22. The molecule has 0 radical (unpaired) electrons. The van der Waals surface area contributed by atoms with Gasteiger partial charge in [0.1, 0.15) is 5.69 Å². The van der Waals surface area contributed by atoms with Gasteiger partial charge in [-0.3, -0.25) is 9.29 Å². The van der Waals surface area contributed by atoms with Gasteiger partial charge in [-0.15, -0.1) is 23.1 Å². The third-order valence-electron chi connectivity index (χ3n) is 5.27. The minimum Gasteiger partial charge on any atom is -0.261 e. The Labute approximate surface area is 220 Å². The molecule has 15 heteroatoms. The fraction of sp³-hybridized carbons (Fsp3) is 0.429. The molecule has 0 amide bonds. The van der Waals surface area contributed by atoms with Crippen molar-refractivity contribution in [1.29, 1.82) is 0 Å². The van der Waals surface area contributed by atoms with Gasteiger partial charge in [0, 0.05) is 21.5 Å². The summed E-state index contributed by atoms with van der Waals surface area (Å²) < 4.78 is 93.7. The van der Waals surface area contributed by atoms with E-state index in [4.69, 9.17) is 0 Å². The van der Waals surface area contributed by atoms with E-state index in [2.05, 4.69) is 25.6 Å². The van der Waals surface area contributed by atoms with Crippen LogP contribution in [0.3, 0.4) is 0 Å². The first-order chi connectivity index (χ1) is 16.6. The zero-order valence-corrected chi connectivity index (χ0v) is 23.0. The van der Waals surface area contributed by atoms with Gasteiger partial charge in [0.15, 0.2) is 5.82 Å². The van der Waals surface area contributed by atoms with Crippen molar-refractivity contribution in [3.05, 3.63) is 49.8 Å². The number of nitrogens with one attached hydrogen (secondary N) is 1. The zero-order chi connectivity index (χ0) is 26.9. The van der Waals surface area contributed by atoms with E-state index in [9.17, 15) is 35.2 Å². The van der Waals surface area contributed by atoms with Crippen LogP contribution >= 0.6 is 39.0 Å². The van der Waals surface area contributed by atoms with Crippen LogP contribution in [0.25, 0.3) is 5.69 Å². The van der Waals surface area contributed by atoms with Crippen molar-refractivity contribution in [1.82, 2.24) is 9.55 Å². The number of nitrogens with zero attached hydrogens (tertiary/aromatic N) is 2. The van der Waals surface area contributed by atoms with Crippen molar-refractivity contribution in [3.8, 4) is 5.69 Å². The Morgan fingerprint density at radius 3 is 2.33 bits per heavy atom. The van der Waals surface area contributed by atoms with Crippen molar-refractivity contribution >= 4 is 54.9 Å². The standard InChI is InChI=1S/C21H21BrF5N3O3S3/c1-12-13(2)35-18(34-11-5-3-4-10-20(23,24)21(25,26)27)16-17(28-19(31)30(12)16)29-36(32,33)15-8-6-14(22)7-9-15/h6-9H,3-5,10-11H2,1-2H3,(H,28,29,31). The lowest BCUT2D eigenvalue weighted by atomic mass is 10.1. The molecule has 2 aliphatic rings. The van der Waals surface area contributed by atoms with Crippen molar-refractivity contribution in [3.63, 3.8) is 0 Å². The van der Waals surface area contributed by atoms with Crippen LogP contribution in [0.15, 0.2) is 42.6 Å². The van der Waals surface area contributed by atoms with Crippen LogP contribution in [0.1, 0.15) is 36.3 Å². The van der Waals surface area contributed by atoms with Gasteiger partial charge in [-0.05, 0) is 56.7 Å². The van der Waals surface area contributed by atoms with Crippen molar-refractivity contribution in [2.75, 3.05) is 10.5 Å². The number of rotatable bonds is 10. The first-order valence-corrected chi connectivity index (χ1v) is 14.6. The molecular formula is C21H21BrF5N3O3S3.